The molecule has 1 N–H and O–H groups in total. The highest BCUT2D eigenvalue weighted by atomic mass is 16.3. The first kappa shape index (κ1) is 23.1. The standard InChI is InChI=1S/C30H48O2/c1-19(2)20-10-15-30(18-31)17-16-28(6)21(25(20)30)8-9-23-27(5)13-12-24(32)26(3,4)22(27)11-14-29(23,28)7/h18-19,21-24,32H,8-17H2,1-7H3/t21-,22+,23-,24+,27+,28-,29-,30-/m1/s1. The largest absolute Gasteiger partial charge is 0.393 e. The summed E-state index contributed by atoms with van der Waals surface area (Å²) in [5.74, 6) is 2.50. The zero-order valence-electron chi connectivity index (χ0n) is 21.9. The number of fused-ring (bicyclic) bond motifs is 7. The van der Waals surface area contributed by atoms with Crippen molar-refractivity contribution in [2.75, 3.05) is 0 Å². The van der Waals surface area contributed by atoms with Gasteiger partial charge >= 0.3 is 0 Å². The third-order valence-electron chi connectivity index (χ3n) is 12.9. The van der Waals surface area contributed by atoms with Gasteiger partial charge in [-0.05, 0) is 110 Å². The van der Waals surface area contributed by atoms with E-state index in [1.165, 1.54) is 44.8 Å². The predicted molar refractivity (Wildman–Crippen MR) is 131 cm³/mol. The molecule has 32 heavy (non-hydrogen) atoms. The number of rotatable bonds is 2. The molecule has 0 amide bonds. The molecule has 0 aromatic heterocycles. The molecule has 4 saturated carbocycles. The van der Waals surface area contributed by atoms with Gasteiger partial charge in [0.2, 0.25) is 0 Å². The molecule has 0 aromatic rings. The molecule has 180 valence electrons. The summed E-state index contributed by atoms with van der Waals surface area (Å²) in [6, 6.07) is 0. The monoisotopic (exact) mass is 440 g/mol. The second-order valence-corrected chi connectivity index (χ2v) is 14.4. The zero-order valence-corrected chi connectivity index (χ0v) is 21.9. The van der Waals surface area contributed by atoms with Crippen LogP contribution in [-0.2, 0) is 4.79 Å². The second kappa shape index (κ2) is 6.96. The quantitative estimate of drug-likeness (QED) is 0.360. The van der Waals surface area contributed by atoms with Crippen molar-refractivity contribution in [1.82, 2.24) is 0 Å². The van der Waals surface area contributed by atoms with E-state index in [0.29, 0.717) is 28.6 Å². The van der Waals surface area contributed by atoms with Crippen molar-refractivity contribution < 1.29 is 9.90 Å². The van der Waals surface area contributed by atoms with Gasteiger partial charge in [0.15, 0.2) is 0 Å². The van der Waals surface area contributed by atoms with Crippen LogP contribution in [0.25, 0.3) is 0 Å². The van der Waals surface area contributed by atoms with Gasteiger partial charge in [-0.1, -0.05) is 59.6 Å². The number of carbonyl (C=O) groups excluding carboxylic acids is 1. The molecule has 8 atom stereocenters. The first-order valence-corrected chi connectivity index (χ1v) is 13.8. The Hall–Kier alpha value is -0.630. The first-order chi connectivity index (χ1) is 14.9. The number of hydrogen-bond acceptors (Lipinski definition) is 2. The summed E-state index contributed by atoms with van der Waals surface area (Å²) in [4.78, 5) is 12.6. The van der Waals surface area contributed by atoms with E-state index in [1.807, 2.05) is 0 Å². The Kier molecular flexibility index (Phi) is 5.03. The molecule has 0 spiro atoms. The second-order valence-electron chi connectivity index (χ2n) is 14.4. The molecule has 0 bridgehead atoms. The van der Waals surface area contributed by atoms with E-state index in [4.69, 9.17) is 0 Å². The van der Waals surface area contributed by atoms with Crippen molar-refractivity contribution in [2.24, 2.45) is 50.7 Å². The number of aliphatic hydroxyl groups is 1. The van der Waals surface area contributed by atoms with Crippen LogP contribution < -0.4 is 0 Å². The number of aldehydes is 1. The first-order valence-electron chi connectivity index (χ1n) is 13.8. The molecular weight excluding hydrogens is 392 g/mol. The molecule has 5 aliphatic carbocycles. The molecule has 0 unspecified atom stereocenters. The molecule has 5 rings (SSSR count). The van der Waals surface area contributed by atoms with E-state index in [2.05, 4.69) is 48.5 Å². The van der Waals surface area contributed by atoms with Crippen LogP contribution in [0.15, 0.2) is 11.1 Å². The summed E-state index contributed by atoms with van der Waals surface area (Å²) in [5.41, 5.74) is 4.06. The zero-order chi connectivity index (χ0) is 23.3. The predicted octanol–water partition coefficient (Wildman–Crippen LogP) is 7.35. The van der Waals surface area contributed by atoms with Crippen LogP contribution in [0.2, 0.25) is 0 Å². The van der Waals surface area contributed by atoms with Gasteiger partial charge in [-0.15, -0.1) is 0 Å². The SMILES string of the molecule is CC(C)C1=C2[C@H]3CC[C@@H]4[C@@]5(C)CC[C@H](O)C(C)(C)[C@@H]5CC[C@@]4(C)[C@]3(C)CC[C@@]2(C=O)CC1. The molecule has 4 fully saturated rings. The summed E-state index contributed by atoms with van der Waals surface area (Å²) in [5, 5.41) is 10.9. The summed E-state index contributed by atoms with van der Waals surface area (Å²) < 4.78 is 0. The van der Waals surface area contributed by atoms with Crippen molar-refractivity contribution >= 4 is 6.29 Å². The number of hydrogen-bond donors (Lipinski definition) is 1. The van der Waals surface area contributed by atoms with E-state index in [1.54, 1.807) is 11.1 Å². The van der Waals surface area contributed by atoms with Crippen LogP contribution in [-0.4, -0.2) is 17.5 Å². The number of aliphatic hydroxyl groups excluding tert-OH is 1. The lowest BCUT2D eigenvalue weighted by molar-refractivity contribution is -0.227. The topological polar surface area (TPSA) is 37.3 Å². The van der Waals surface area contributed by atoms with E-state index in [0.717, 1.165) is 31.6 Å². The van der Waals surface area contributed by atoms with Crippen LogP contribution in [0.5, 0.6) is 0 Å². The minimum atomic E-state index is -0.156. The molecule has 0 saturated heterocycles. The number of carbonyl (C=O) groups is 1. The van der Waals surface area contributed by atoms with Crippen molar-refractivity contribution in [3.8, 4) is 0 Å². The Bertz CT molecular complexity index is 838. The maximum absolute atomic E-state index is 12.6. The van der Waals surface area contributed by atoms with Gasteiger partial charge in [0.25, 0.3) is 0 Å². The van der Waals surface area contributed by atoms with Crippen LogP contribution in [0, 0.1) is 50.7 Å². The highest BCUT2D eigenvalue weighted by molar-refractivity contribution is 5.69. The van der Waals surface area contributed by atoms with Crippen molar-refractivity contribution in [3.63, 3.8) is 0 Å². The highest BCUT2D eigenvalue weighted by Crippen LogP contribution is 2.76. The molecule has 5 aliphatic rings. The molecule has 2 nitrogen and oxygen atoms in total. The lowest BCUT2D eigenvalue weighted by Crippen LogP contribution is -2.65. The molecule has 0 radical (unpaired) electrons. The average Bonchev–Trinajstić information content (AvgIpc) is 3.12. The smallest absolute Gasteiger partial charge is 0.130 e. The number of allylic oxidation sites excluding steroid dienone is 2. The van der Waals surface area contributed by atoms with Gasteiger partial charge in [-0.3, -0.25) is 0 Å². The van der Waals surface area contributed by atoms with Crippen LogP contribution in [0.1, 0.15) is 113 Å². The summed E-state index contributed by atoms with van der Waals surface area (Å²) in [7, 11) is 0. The fraction of sp³-hybridized carbons (Fsp3) is 0.900. The Balaban J connectivity index is 1.59. The molecule has 2 heteroatoms. The van der Waals surface area contributed by atoms with Gasteiger partial charge in [-0.2, -0.15) is 0 Å². The van der Waals surface area contributed by atoms with Crippen LogP contribution in [0.3, 0.4) is 0 Å². The fourth-order valence-corrected chi connectivity index (χ4v) is 10.9. The molecular formula is C30H48O2. The van der Waals surface area contributed by atoms with Crippen molar-refractivity contribution in [1.29, 1.82) is 0 Å². The van der Waals surface area contributed by atoms with Gasteiger partial charge in [0.1, 0.15) is 6.29 Å². The van der Waals surface area contributed by atoms with Crippen molar-refractivity contribution in [3.05, 3.63) is 11.1 Å². The Morgan fingerprint density at radius 1 is 0.844 bits per heavy atom. The Morgan fingerprint density at radius 2 is 1.56 bits per heavy atom. The minimum Gasteiger partial charge on any atom is -0.393 e. The molecule has 0 aliphatic heterocycles. The fourth-order valence-electron chi connectivity index (χ4n) is 10.9. The van der Waals surface area contributed by atoms with E-state index in [9.17, 15) is 9.90 Å². The highest BCUT2D eigenvalue weighted by Gasteiger charge is 2.69. The lowest BCUT2D eigenvalue weighted by atomic mass is 9.33. The maximum atomic E-state index is 12.6. The summed E-state index contributed by atoms with van der Waals surface area (Å²) in [6.07, 6.45) is 13.0. The van der Waals surface area contributed by atoms with Crippen LogP contribution in [0.4, 0.5) is 0 Å². The van der Waals surface area contributed by atoms with E-state index < -0.39 is 0 Å². The van der Waals surface area contributed by atoms with Crippen LogP contribution >= 0.6 is 0 Å². The Labute approximate surface area is 197 Å². The van der Waals surface area contributed by atoms with Crippen molar-refractivity contribution in [2.45, 2.75) is 119 Å². The normalized spacial score (nSPS) is 52.2. The summed E-state index contributed by atoms with van der Waals surface area (Å²) >= 11 is 0. The molecule has 0 aromatic carbocycles. The Morgan fingerprint density at radius 3 is 2.22 bits per heavy atom. The van der Waals surface area contributed by atoms with Gasteiger partial charge in [0, 0.05) is 5.41 Å². The minimum absolute atomic E-state index is 0.0180. The van der Waals surface area contributed by atoms with E-state index in [-0.39, 0.29) is 22.3 Å². The van der Waals surface area contributed by atoms with Gasteiger partial charge in [0.05, 0.1) is 6.10 Å². The maximum Gasteiger partial charge on any atom is 0.130 e. The van der Waals surface area contributed by atoms with Gasteiger partial charge < -0.3 is 9.90 Å². The van der Waals surface area contributed by atoms with E-state index >= 15 is 0 Å². The van der Waals surface area contributed by atoms with Gasteiger partial charge in [-0.25, -0.2) is 0 Å². The lowest BCUT2D eigenvalue weighted by Gasteiger charge is -2.72. The molecule has 0 heterocycles. The average molecular weight is 441 g/mol. The third kappa shape index (κ3) is 2.60. The summed E-state index contributed by atoms with van der Waals surface area (Å²) in [6.45, 7) is 17.3. The third-order valence-corrected chi connectivity index (χ3v) is 12.9.